The van der Waals surface area contributed by atoms with Crippen molar-refractivity contribution in [2.75, 3.05) is 13.1 Å². The predicted octanol–water partition coefficient (Wildman–Crippen LogP) is 0.766. The van der Waals surface area contributed by atoms with Gasteiger partial charge in [-0.25, -0.2) is 13.1 Å². The van der Waals surface area contributed by atoms with Crippen LogP contribution in [0.4, 0.5) is 5.69 Å². The topological polar surface area (TPSA) is 101 Å². The molecule has 0 saturated carbocycles. The molecule has 1 fully saturated rings. The van der Waals surface area contributed by atoms with Crippen LogP contribution in [0.25, 0.3) is 0 Å². The molecule has 0 spiro atoms. The number of rotatable bonds is 5. The molecule has 1 heterocycles. The lowest BCUT2D eigenvalue weighted by atomic mass is 10.2. The number of nitrogens with zero attached hydrogens (tertiary/aromatic N) is 1. The van der Waals surface area contributed by atoms with Gasteiger partial charge in [-0.15, -0.1) is 0 Å². The van der Waals surface area contributed by atoms with Crippen LogP contribution in [-0.4, -0.2) is 31.7 Å². The third-order valence-corrected chi connectivity index (χ3v) is 5.27. The van der Waals surface area contributed by atoms with Crippen molar-refractivity contribution in [1.29, 1.82) is 0 Å². The Kier molecular flexibility index (Phi) is 4.69. The second kappa shape index (κ2) is 6.29. The van der Waals surface area contributed by atoms with Crippen molar-refractivity contribution in [2.24, 2.45) is 0 Å². The predicted molar refractivity (Wildman–Crippen MR) is 74.7 cm³/mol. The van der Waals surface area contributed by atoms with Crippen molar-refractivity contribution in [1.82, 2.24) is 10.0 Å². The lowest BCUT2D eigenvalue weighted by Gasteiger charge is -2.22. The maximum Gasteiger partial charge on any atom is 0.273 e. The summed E-state index contributed by atoms with van der Waals surface area (Å²) in [6.07, 6.45) is 1.12. The second-order valence-electron chi connectivity index (χ2n) is 4.70. The van der Waals surface area contributed by atoms with E-state index >= 15 is 0 Å². The van der Waals surface area contributed by atoms with Gasteiger partial charge in [-0.2, -0.15) is 0 Å². The van der Waals surface area contributed by atoms with Crippen molar-refractivity contribution in [3.8, 4) is 0 Å². The number of nitrogens with one attached hydrogen (secondary N) is 2. The van der Waals surface area contributed by atoms with Gasteiger partial charge in [-0.1, -0.05) is 18.2 Å². The lowest BCUT2D eigenvalue weighted by Crippen LogP contribution is -2.41. The fourth-order valence-electron chi connectivity index (χ4n) is 2.24. The zero-order chi connectivity index (χ0) is 14.6. The first-order valence-corrected chi connectivity index (χ1v) is 7.97. The molecule has 0 bridgehead atoms. The van der Waals surface area contributed by atoms with Gasteiger partial charge in [0.15, 0.2) is 0 Å². The van der Waals surface area contributed by atoms with Crippen LogP contribution in [0, 0.1) is 10.1 Å². The normalized spacial score (nSPS) is 17.0. The van der Waals surface area contributed by atoms with Crippen LogP contribution in [-0.2, 0) is 16.6 Å². The first kappa shape index (κ1) is 14.9. The van der Waals surface area contributed by atoms with Gasteiger partial charge in [0.25, 0.3) is 5.69 Å². The maximum atomic E-state index is 12.1. The quantitative estimate of drug-likeness (QED) is 0.617. The molecule has 1 aromatic rings. The van der Waals surface area contributed by atoms with Crippen LogP contribution in [0.2, 0.25) is 0 Å². The Morgan fingerprint density at radius 3 is 2.60 bits per heavy atom. The molecule has 0 unspecified atom stereocenters. The van der Waals surface area contributed by atoms with Crippen molar-refractivity contribution in [2.45, 2.75) is 24.6 Å². The van der Waals surface area contributed by atoms with Crippen molar-refractivity contribution >= 4 is 15.7 Å². The number of para-hydroxylation sites is 1. The summed E-state index contributed by atoms with van der Waals surface area (Å²) in [6, 6.07) is 6.14. The fourth-order valence-corrected chi connectivity index (χ4v) is 3.69. The molecule has 1 aliphatic rings. The van der Waals surface area contributed by atoms with Gasteiger partial charge in [-0.05, 0) is 25.9 Å². The molecular formula is C12H17N3O4S. The fraction of sp³-hybridized carbons (Fsp3) is 0.500. The minimum atomic E-state index is -3.44. The summed E-state index contributed by atoms with van der Waals surface area (Å²) >= 11 is 0. The van der Waals surface area contributed by atoms with E-state index in [1.807, 2.05) is 0 Å². The van der Waals surface area contributed by atoms with Crippen molar-refractivity contribution in [3.05, 3.63) is 39.9 Å². The van der Waals surface area contributed by atoms with Crippen LogP contribution in [0.1, 0.15) is 18.4 Å². The maximum absolute atomic E-state index is 12.1. The van der Waals surface area contributed by atoms with E-state index in [2.05, 4.69) is 10.0 Å². The number of hydrogen-bond acceptors (Lipinski definition) is 5. The standard InChI is InChI=1S/C12H17N3O4S/c16-15(17)12-4-2-1-3-10(12)9-14-20(18,19)11-5-7-13-8-6-11/h1-4,11,13-14H,5-9H2. The van der Waals surface area contributed by atoms with Crippen molar-refractivity contribution < 1.29 is 13.3 Å². The Labute approximate surface area is 117 Å². The van der Waals surface area contributed by atoms with Crippen LogP contribution < -0.4 is 10.0 Å². The summed E-state index contributed by atoms with van der Waals surface area (Å²) in [5.74, 6) is 0. The molecule has 0 aromatic heterocycles. The molecule has 20 heavy (non-hydrogen) atoms. The van der Waals surface area contributed by atoms with Gasteiger partial charge in [-0.3, -0.25) is 10.1 Å². The van der Waals surface area contributed by atoms with E-state index in [1.165, 1.54) is 6.07 Å². The summed E-state index contributed by atoms with van der Waals surface area (Å²) in [5, 5.41) is 13.5. The van der Waals surface area contributed by atoms with Gasteiger partial charge in [0, 0.05) is 18.2 Å². The number of nitro groups is 1. The molecule has 110 valence electrons. The highest BCUT2D eigenvalue weighted by atomic mass is 32.2. The van der Waals surface area contributed by atoms with Gasteiger partial charge >= 0.3 is 0 Å². The van der Waals surface area contributed by atoms with E-state index < -0.39 is 20.2 Å². The van der Waals surface area contributed by atoms with Crippen LogP contribution in [0.15, 0.2) is 24.3 Å². The smallest absolute Gasteiger partial charge is 0.273 e. The van der Waals surface area contributed by atoms with Crippen LogP contribution >= 0.6 is 0 Å². The van der Waals surface area contributed by atoms with E-state index in [0.29, 0.717) is 31.5 Å². The molecule has 0 aliphatic carbocycles. The number of hydrogen-bond donors (Lipinski definition) is 2. The zero-order valence-electron chi connectivity index (χ0n) is 10.9. The molecular weight excluding hydrogens is 282 g/mol. The Morgan fingerprint density at radius 1 is 1.30 bits per heavy atom. The zero-order valence-corrected chi connectivity index (χ0v) is 11.7. The number of benzene rings is 1. The van der Waals surface area contributed by atoms with Gasteiger partial charge < -0.3 is 5.32 Å². The molecule has 1 aromatic carbocycles. The Hall–Kier alpha value is -1.51. The SMILES string of the molecule is O=[N+]([O-])c1ccccc1CNS(=O)(=O)C1CCNCC1. The lowest BCUT2D eigenvalue weighted by molar-refractivity contribution is -0.385. The third kappa shape index (κ3) is 3.53. The van der Waals surface area contributed by atoms with E-state index in [9.17, 15) is 18.5 Å². The highest BCUT2D eigenvalue weighted by Gasteiger charge is 2.27. The highest BCUT2D eigenvalue weighted by Crippen LogP contribution is 2.18. The summed E-state index contributed by atoms with van der Waals surface area (Å²) in [6.45, 7) is 1.30. The first-order chi connectivity index (χ1) is 9.50. The van der Waals surface area contributed by atoms with Crippen LogP contribution in [0.5, 0.6) is 0 Å². The molecule has 0 radical (unpaired) electrons. The Morgan fingerprint density at radius 2 is 1.95 bits per heavy atom. The molecule has 8 heteroatoms. The molecule has 0 amide bonds. The molecule has 2 N–H and O–H groups in total. The van der Waals surface area contributed by atoms with Crippen LogP contribution in [0.3, 0.4) is 0 Å². The third-order valence-electron chi connectivity index (χ3n) is 3.38. The highest BCUT2D eigenvalue weighted by molar-refractivity contribution is 7.90. The van der Waals surface area contributed by atoms with E-state index in [1.54, 1.807) is 18.2 Å². The minimum absolute atomic E-state index is 0.0522. The average Bonchev–Trinajstić information content (AvgIpc) is 2.46. The van der Waals surface area contributed by atoms with Gasteiger partial charge in [0.1, 0.15) is 0 Å². The second-order valence-corrected chi connectivity index (χ2v) is 6.75. The molecule has 0 atom stereocenters. The first-order valence-electron chi connectivity index (χ1n) is 6.42. The van der Waals surface area contributed by atoms with Gasteiger partial charge in [0.2, 0.25) is 10.0 Å². The summed E-state index contributed by atoms with van der Waals surface area (Å²) < 4.78 is 26.7. The summed E-state index contributed by atoms with van der Waals surface area (Å²) in [4.78, 5) is 10.4. The molecule has 1 aliphatic heterocycles. The minimum Gasteiger partial charge on any atom is -0.317 e. The summed E-state index contributed by atoms with van der Waals surface area (Å²) in [5.41, 5.74) is 0.301. The van der Waals surface area contributed by atoms with E-state index in [-0.39, 0.29) is 12.2 Å². The van der Waals surface area contributed by atoms with Gasteiger partial charge in [0.05, 0.1) is 10.2 Å². The monoisotopic (exact) mass is 299 g/mol. The Bertz CT molecular complexity index is 582. The van der Waals surface area contributed by atoms with E-state index in [4.69, 9.17) is 0 Å². The van der Waals surface area contributed by atoms with E-state index in [0.717, 1.165) is 0 Å². The Balaban J connectivity index is 2.06. The largest absolute Gasteiger partial charge is 0.317 e. The van der Waals surface area contributed by atoms with Crippen molar-refractivity contribution in [3.63, 3.8) is 0 Å². The number of sulfonamides is 1. The number of nitro benzene ring substituents is 1. The molecule has 2 rings (SSSR count). The average molecular weight is 299 g/mol. The molecule has 1 saturated heterocycles. The number of piperidine rings is 1. The summed E-state index contributed by atoms with van der Waals surface area (Å²) in [7, 11) is -3.44. The molecule has 7 nitrogen and oxygen atoms in total.